The molecule has 6 nitrogen and oxygen atoms in total. The molecule has 0 aliphatic carbocycles. The van der Waals surface area contributed by atoms with Gasteiger partial charge in [-0.3, -0.25) is 4.79 Å². The molecule has 0 radical (unpaired) electrons. The summed E-state index contributed by atoms with van der Waals surface area (Å²) in [5, 5.41) is 3.05. The number of methoxy groups -OCH3 is 1. The van der Waals surface area contributed by atoms with Crippen LogP contribution < -0.4 is 10.1 Å². The average Bonchev–Trinajstić information content (AvgIpc) is 2.74. The third-order valence-electron chi connectivity index (χ3n) is 5.25. The van der Waals surface area contributed by atoms with Gasteiger partial charge in [0.15, 0.2) is 0 Å². The number of carbonyl (C=O) groups is 1. The molecule has 1 saturated heterocycles. The Morgan fingerprint density at radius 1 is 1.10 bits per heavy atom. The number of nitrogens with one attached hydrogen (secondary N) is 1. The molecule has 1 fully saturated rings. The van der Waals surface area contributed by atoms with Gasteiger partial charge in [-0.25, -0.2) is 8.42 Å². The van der Waals surface area contributed by atoms with E-state index in [9.17, 15) is 13.2 Å². The molecule has 1 aliphatic heterocycles. The van der Waals surface area contributed by atoms with Gasteiger partial charge in [-0.2, -0.15) is 4.31 Å². The number of sulfonamides is 1. The molecule has 3 rings (SSSR count). The normalized spacial score (nSPS) is 16.9. The third kappa shape index (κ3) is 5.18. The minimum atomic E-state index is -3.56. The molecule has 1 heterocycles. The quantitative estimate of drug-likeness (QED) is 0.682. The monoisotopic (exact) mass is 480 g/mol. The standard InChI is InChI=1S/C21H25BrN2O4S/c1-15(16-3-5-18(22)6-4-16)23-21(25)17-11-13-24(14-12-17)29(26,27)20-9-7-19(28-2)8-10-20/h3-10,15,17H,11-14H2,1-2H3,(H,23,25)/t15-/m1/s1. The summed E-state index contributed by atoms with van der Waals surface area (Å²) in [6.45, 7) is 2.61. The highest BCUT2D eigenvalue weighted by Gasteiger charge is 2.32. The maximum Gasteiger partial charge on any atom is 0.243 e. The van der Waals surface area contributed by atoms with Gasteiger partial charge in [0.1, 0.15) is 5.75 Å². The Hall–Kier alpha value is -1.90. The van der Waals surface area contributed by atoms with Gasteiger partial charge < -0.3 is 10.1 Å². The molecule has 1 amide bonds. The van der Waals surface area contributed by atoms with E-state index in [2.05, 4.69) is 21.2 Å². The molecule has 8 heteroatoms. The Labute approximate surface area is 180 Å². The number of hydrogen-bond donors (Lipinski definition) is 1. The molecule has 1 aliphatic rings. The van der Waals surface area contributed by atoms with E-state index in [1.165, 1.54) is 11.4 Å². The Balaban J connectivity index is 1.57. The number of halogens is 1. The number of benzene rings is 2. The highest BCUT2D eigenvalue weighted by Crippen LogP contribution is 2.26. The molecule has 1 atom stereocenters. The van der Waals surface area contributed by atoms with Crippen LogP contribution in [0.1, 0.15) is 31.4 Å². The van der Waals surface area contributed by atoms with Crippen molar-refractivity contribution >= 4 is 31.9 Å². The molecule has 2 aromatic rings. The molecular formula is C21H25BrN2O4S. The lowest BCUT2D eigenvalue weighted by Crippen LogP contribution is -2.43. The molecule has 29 heavy (non-hydrogen) atoms. The minimum Gasteiger partial charge on any atom is -0.497 e. The fourth-order valence-electron chi connectivity index (χ4n) is 3.42. The molecule has 2 aromatic carbocycles. The van der Waals surface area contributed by atoms with Crippen LogP contribution in [0.3, 0.4) is 0 Å². The zero-order valence-corrected chi connectivity index (χ0v) is 18.9. The number of rotatable bonds is 6. The lowest BCUT2D eigenvalue weighted by molar-refractivity contribution is -0.126. The van der Waals surface area contributed by atoms with Crippen LogP contribution in [0, 0.1) is 5.92 Å². The molecule has 0 unspecified atom stereocenters. The van der Waals surface area contributed by atoms with E-state index < -0.39 is 10.0 Å². The van der Waals surface area contributed by atoms with Crippen LogP contribution >= 0.6 is 15.9 Å². The van der Waals surface area contributed by atoms with Crippen molar-refractivity contribution in [2.45, 2.75) is 30.7 Å². The summed E-state index contributed by atoms with van der Waals surface area (Å²) < 4.78 is 33.2. The summed E-state index contributed by atoms with van der Waals surface area (Å²) in [6, 6.07) is 14.1. The zero-order chi connectivity index (χ0) is 21.0. The van der Waals surface area contributed by atoms with Crippen molar-refractivity contribution in [2.75, 3.05) is 20.2 Å². The fraction of sp³-hybridized carbons (Fsp3) is 0.381. The highest BCUT2D eigenvalue weighted by molar-refractivity contribution is 9.10. The van der Waals surface area contributed by atoms with Crippen molar-refractivity contribution in [3.8, 4) is 5.75 Å². The second-order valence-electron chi connectivity index (χ2n) is 7.14. The largest absolute Gasteiger partial charge is 0.497 e. The second kappa shape index (κ2) is 9.28. The Bertz CT molecular complexity index is 938. The first-order valence-corrected chi connectivity index (χ1v) is 11.7. The number of ether oxygens (including phenoxy) is 1. The first-order chi connectivity index (χ1) is 13.8. The second-order valence-corrected chi connectivity index (χ2v) is 9.99. The molecule has 0 bridgehead atoms. The highest BCUT2D eigenvalue weighted by atomic mass is 79.9. The van der Waals surface area contributed by atoms with Crippen molar-refractivity contribution in [2.24, 2.45) is 5.92 Å². The number of hydrogen-bond acceptors (Lipinski definition) is 4. The Morgan fingerprint density at radius 3 is 2.24 bits per heavy atom. The van der Waals surface area contributed by atoms with Crippen LogP contribution in [0.5, 0.6) is 5.75 Å². The summed E-state index contributed by atoms with van der Waals surface area (Å²) in [6.07, 6.45) is 1.02. The van der Waals surface area contributed by atoms with E-state index in [1.807, 2.05) is 31.2 Å². The van der Waals surface area contributed by atoms with Crippen LogP contribution in [0.4, 0.5) is 0 Å². The van der Waals surface area contributed by atoms with Crippen LogP contribution in [-0.2, 0) is 14.8 Å². The van der Waals surface area contributed by atoms with Crippen molar-refractivity contribution in [3.63, 3.8) is 0 Å². The summed E-state index contributed by atoms with van der Waals surface area (Å²) in [4.78, 5) is 12.9. The van der Waals surface area contributed by atoms with Crippen LogP contribution in [0.15, 0.2) is 57.9 Å². The van der Waals surface area contributed by atoms with Gasteiger partial charge in [0, 0.05) is 23.5 Å². The van der Waals surface area contributed by atoms with Crippen molar-refractivity contribution in [1.29, 1.82) is 0 Å². The Kier molecular flexibility index (Phi) is 6.97. The van der Waals surface area contributed by atoms with Crippen LogP contribution in [0.25, 0.3) is 0 Å². The molecule has 0 spiro atoms. The maximum atomic E-state index is 12.8. The Morgan fingerprint density at radius 2 is 1.69 bits per heavy atom. The predicted molar refractivity (Wildman–Crippen MR) is 115 cm³/mol. The zero-order valence-electron chi connectivity index (χ0n) is 16.5. The van der Waals surface area contributed by atoms with Gasteiger partial charge in [-0.15, -0.1) is 0 Å². The van der Waals surface area contributed by atoms with Crippen molar-refractivity contribution in [3.05, 3.63) is 58.6 Å². The lowest BCUT2D eigenvalue weighted by atomic mass is 9.96. The van der Waals surface area contributed by atoms with Crippen LogP contribution in [-0.4, -0.2) is 38.8 Å². The number of nitrogens with zero attached hydrogens (tertiary/aromatic N) is 1. The van der Waals surface area contributed by atoms with Gasteiger partial charge >= 0.3 is 0 Å². The van der Waals surface area contributed by atoms with Gasteiger partial charge in [0.05, 0.1) is 18.0 Å². The van der Waals surface area contributed by atoms with E-state index in [0.29, 0.717) is 31.7 Å². The van der Waals surface area contributed by atoms with Gasteiger partial charge in [0.25, 0.3) is 0 Å². The van der Waals surface area contributed by atoms with Crippen molar-refractivity contribution in [1.82, 2.24) is 9.62 Å². The van der Waals surface area contributed by atoms with E-state index in [-0.39, 0.29) is 22.8 Å². The van der Waals surface area contributed by atoms with Gasteiger partial charge in [-0.05, 0) is 61.7 Å². The maximum absolute atomic E-state index is 12.8. The number of piperidine rings is 1. The fourth-order valence-corrected chi connectivity index (χ4v) is 5.16. The molecular weight excluding hydrogens is 456 g/mol. The topological polar surface area (TPSA) is 75.7 Å². The van der Waals surface area contributed by atoms with E-state index in [1.54, 1.807) is 24.3 Å². The summed E-state index contributed by atoms with van der Waals surface area (Å²) in [7, 11) is -2.03. The molecule has 0 saturated carbocycles. The van der Waals surface area contributed by atoms with E-state index in [0.717, 1.165) is 10.0 Å². The molecule has 1 N–H and O–H groups in total. The summed E-state index contributed by atoms with van der Waals surface area (Å²) >= 11 is 3.41. The van der Waals surface area contributed by atoms with Gasteiger partial charge in [-0.1, -0.05) is 28.1 Å². The molecule has 0 aromatic heterocycles. The SMILES string of the molecule is COc1ccc(S(=O)(=O)N2CCC(C(=O)N[C@H](C)c3ccc(Br)cc3)CC2)cc1. The lowest BCUT2D eigenvalue weighted by Gasteiger charge is -2.31. The predicted octanol–water partition coefficient (Wildman–Crippen LogP) is 3.74. The van der Waals surface area contributed by atoms with E-state index >= 15 is 0 Å². The summed E-state index contributed by atoms with van der Waals surface area (Å²) in [5.74, 6) is 0.399. The smallest absolute Gasteiger partial charge is 0.243 e. The third-order valence-corrected chi connectivity index (χ3v) is 7.69. The van der Waals surface area contributed by atoms with Crippen LogP contribution in [0.2, 0.25) is 0 Å². The first kappa shape index (κ1) is 21.8. The number of amides is 1. The minimum absolute atomic E-state index is 0.0260. The van der Waals surface area contributed by atoms with E-state index in [4.69, 9.17) is 4.74 Å². The van der Waals surface area contributed by atoms with Crippen molar-refractivity contribution < 1.29 is 17.9 Å². The number of carbonyl (C=O) groups excluding carboxylic acids is 1. The van der Waals surface area contributed by atoms with Gasteiger partial charge in [0.2, 0.25) is 15.9 Å². The average molecular weight is 481 g/mol. The summed E-state index contributed by atoms with van der Waals surface area (Å²) in [5.41, 5.74) is 1.03. The first-order valence-electron chi connectivity index (χ1n) is 9.51. The molecule has 156 valence electrons.